The first-order chi connectivity index (χ1) is 12.6. The maximum atomic E-state index is 12.7. The van der Waals surface area contributed by atoms with Gasteiger partial charge < -0.3 is 9.84 Å². The van der Waals surface area contributed by atoms with Crippen molar-refractivity contribution < 1.29 is 19.4 Å². The maximum absolute atomic E-state index is 12.7. The molecule has 1 heterocycles. The number of carbonyl (C=O) groups excluding carboxylic acids is 2. The van der Waals surface area contributed by atoms with Gasteiger partial charge in [-0.15, -0.1) is 0 Å². The zero-order chi connectivity index (χ0) is 18.1. The summed E-state index contributed by atoms with van der Waals surface area (Å²) < 4.78 is 5.92. The zero-order valence-electron chi connectivity index (χ0n) is 13.9. The molecule has 0 fully saturated rings. The Morgan fingerprint density at radius 1 is 0.923 bits per heavy atom. The molecule has 0 aromatic heterocycles. The predicted molar refractivity (Wildman–Crippen MR) is 96.7 cm³/mol. The number of aromatic hydroxyl groups is 1. The molecule has 0 spiro atoms. The normalized spacial score (nSPS) is 15.8. The van der Waals surface area contributed by atoms with E-state index in [-0.39, 0.29) is 34.9 Å². The van der Waals surface area contributed by atoms with Crippen molar-refractivity contribution in [2.45, 2.75) is 12.5 Å². The number of fused-ring (bicyclic) bond motifs is 1. The summed E-state index contributed by atoms with van der Waals surface area (Å²) in [4.78, 5) is 25.3. The Labute approximate surface area is 150 Å². The van der Waals surface area contributed by atoms with Crippen molar-refractivity contribution >= 4 is 11.6 Å². The van der Waals surface area contributed by atoms with E-state index in [0.717, 1.165) is 5.56 Å². The molecule has 26 heavy (non-hydrogen) atoms. The Hall–Kier alpha value is -3.40. The van der Waals surface area contributed by atoms with Gasteiger partial charge in [0.05, 0.1) is 12.0 Å². The fourth-order valence-electron chi connectivity index (χ4n) is 3.19. The Bertz CT molecular complexity index is 978. The van der Waals surface area contributed by atoms with Crippen LogP contribution in [0.15, 0.2) is 72.8 Å². The largest absolute Gasteiger partial charge is 0.506 e. The Morgan fingerprint density at radius 3 is 2.27 bits per heavy atom. The fraction of sp³-hybridized carbons (Fsp3) is 0.0909. The molecule has 1 unspecified atom stereocenters. The van der Waals surface area contributed by atoms with E-state index in [4.69, 9.17) is 4.74 Å². The molecule has 0 aliphatic carbocycles. The molecular weight excluding hydrogens is 328 g/mol. The highest BCUT2D eigenvalue weighted by atomic mass is 16.5. The summed E-state index contributed by atoms with van der Waals surface area (Å²) >= 11 is 0. The van der Waals surface area contributed by atoms with Gasteiger partial charge in [0.15, 0.2) is 11.6 Å². The highest BCUT2D eigenvalue weighted by molar-refractivity contribution is 6.14. The second-order valence-electron chi connectivity index (χ2n) is 6.17. The van der Waals surface area contributed by atoms with Crippen molar-refractivity contribution in [3.05, 3.63) is 95.1 Å². The monoisotopic (exact) mass is 344 g/mol. The fourth-order valence-corrected chi connectivity index (χ4v) is 3.19. The molecule has 0 radical (unpaired) electrons. The van der Waals surface area contributed by atoms with Crippen molar-refractivity contribution in [3.63, 3.8) is 0 Å². The van der Waals surface area contributed by atoms with Gasteiger partial charge in [-0.25, -0.2) is 0 Å². The van der Waals surface area contributed by atoms with Crippen LogP contribution in [0.2, 0.25) is 0 Å². The van der Waals surface area contributed by atoms with Gasteiger partial charge in [-0.05, 0) is 17.7 Å². The number of ketones is 2. The van der Waals surface area contributed by atoms with E-state index in [1.54, 1.807) is 30.3 Å². The van der Waals surface area contributed by atoms with Crippen molar-refractivity contribution in [3.8, 4) is 11.5 Å². The summed E-state index contributed by atoms with van der Waals surface area (Å²) in [6.07, 6.45) is -0.278. The van der Waals surface area contributed by atoms with Crippen LogP contribution < -0.4 is 4.74 Å². The number of benzene rings is 3. The molecule has 4 heteroatoms. The molecule has 3 aromatic carbocycles. The van der Waals surface area contributed by atoms with Crippen molar-refractivity contribution in [2.24, 2.45) is 0 Å². The third kappa shape index (κ3) is 2.75. The van der Waals surface area contributed by atoms with Gasteiger partial charge in [-0.2, -0.15) is 0 Å². The number of phenols is 1. The lowest BCUT2D eigenvalue weighted by atomic mass is 9.92. The predicted octanol–water partition coefficient (Wildman–Crippen LogP) is 4.33. The SMILES string of the molecule is O=C(c1ccccc1)c1ccc2c(c1O)C(=O)CC(c1ccccc1)O2. The number of ether oxygens (including phenoxy) is 1. The number of Topliss-reactive ketones (excluding diaryl/α,β-unsaturated/α-hetero) is 1. The van der Waals surface area contributed by atoms with E-state index < -0.39 is 6.10 Å². The van der Waals surface area contributed by atoms with Crippen molar-refractivity contribution in [2.75, 3.05) is 0 Å². The summed E-state index contributed by atoms with van der Waals surface area (Å²) in [6, 6.07) is 21.2. The average Bonchev–Trinajstić information content (AvgIpc) is 2.69. The molecule has 1 atom stereocenters. The molecule has 4 rings (SSSR count). The van der Waals surface area contributed by atoms with Gasteiger partial charge in [0.25, 0.3) is 0 Å². The lowest BCUT2D eigenvalue weighted by Crippen LogP contribution is -2.21. The molecule has 1 N–H and O–H groups in total. The van der Waals surface area contributed by atoms with E-state index in [0.29, 0.717) is 11.3 Å². The second-order valence-corrected chi connectivity index (χ2v) is 6.17. The van der Waals surface area contributed by atoms with Gasteiger partial charge in [0.1, 0.15) is 23.2 Å². The number of phenolic OH excluding ortho intramolecular Hbond substituents is 1. The van der Waals surface area contributed by atoms with Gasteiger partial charge in [-0.3, -0.25) is 9.59 Å². The molecule has 0 saturated heterocycles. The summed E-state index contributed by atoms with van der Waals surface area (Å²) in [7, 11) is 0. The summed E-state index contributed by atoms with van der Waals surface area (Å²) in [5.41, 5.74) is 1.54. The van der Waals surface area contributed by atoms with Gasteiger partial charge >= 0.3 is 0 Å². The number of rotatable bonds is 3. The lowest BCUT2D eigenvalue weighted by Gasteiger charge is -2.26. The molecule has 3 aromatic rings. The third-order valence-electron chi connectivity index (χ3n) is 4.51. The maximum Gasteiger partial charge on any atom is 0.196 e. The smallest absolute Gasteiger partial charge is 0.196 e. The van der Waals surface area contributed by atoms with Crippen LogP contribution in [0.3, 0.4) is 0 Å². The Morgan fingerprint density at radius 2 is 1.58 bits per heavy atom. The van der Waals surface area contributed by atoms with Crippen LogP contribution >= 0.6 is 0 Å². The standard InChI is InChI=1S/C22H16O4/c23-17-13-19(14-7-3-1-4-8-14)26-18-12-11-16(22(25)20(17)18)21(24)15-9-5-2-6-10-15/h1-12,19,25H,13H2. The molecule has 0 bridgehead atoms. The zero-order valence-corrected chi connectivity index (χ0v) is 13.9. The van der Waals surface area contributed by atoms with E-state index in [1.807, 2.05) is 36.4 Å². The highest BCUT2D eigenvalue weighted by Gasteiger charge is 2.32. The summed E-state index contributed by atoms with van der Waals surface area (Å²) in [6.45, 7) is 0. The van der Waals surface area contributed by atoms with E-state index in [9.17, 15) is 14.7 Å². The Kier molecular flexibility index (Phi) is 4.01. The minimum absolute atomic E-state index is 0.0824. The summed E-state index contributed by atoms with van der Waals surface area (Å²) in [5.74, 6) is -0.575. The van der Waals surface area contributed by atoms with Crippen molar-refractivity contribution in [1.82, 2.24) is 0 Å². The highest BCUT2D eigenvalue weighted by Crippen LogP contribution is 2.41. The topological polar surface area (TPSA) is 63.6 Å². The molecule has 1 aliphatic rings. The third-order valence-corrected chi connectivity index (χ3v) is 4.51. The first-order valence-electron chi connectivity index (χ1n) is 8.35. The van der Waals surface area contributed by atoms with E-state index >= 15 is 0 Å². The molecule has 128 valence electrons. The number of hydrogen-bond donors (Lipinski definition) is 1. The lowest BCUT2D eigenvalue weighted by molar-refractivity contribution is 0.0845. The van der Waals surface area contributed by atoms with E-state index in [1.165, 1.54) is 6.07 Å². The second kappa shape index (κ2) is 6.48. The Balaban J connectivity index is 1.71. The van der Waals surface area contributed by atoms with Crippen LogP contribution in [0.5, 0.6) is 11.5 Å². The van der Waals surface area contributed by atoms with Crippen molar-refractivity contribution in [1.29, 1.82) is 0 Å². The number of carbonyl (C=O) groups is 2. The first-order valence-corrected chi connectivity index (χ1v) is 8.35. The number of hydrogen-bond acceptors (Lipinski definition) is 4. The van der Waals surface area contributed by atoms with Gasteiger partial charge in [-0.1, -0.05) is 60.7 Å². The summed E-state index contributed by atoms with van der Waals surface area (Å²) in [5, 5.41) is 10.6. The average molecular weight is 344 g/mol. The van der Waals surface area contributed by atoms with Crippen LogP contribution in [-0.4, -0.2) is 16.7 Å². The van der Waals surface area contributed by atoms with E-state index in [2.05, 4.69) is 0 Å². The quantitative estimate of drug-likeness (QED) is 0.718. The molecular formula is C22H16O4. The molecule has 4 nitrogen and oxygen atoms in total. The van der Waals surface area contributed by atoms with Crippen LogP contribution in [-0.2, 0) is 0 Å². The van der Waals surface area contributed by atoms with Crippen LogP contribution in [0.4, 0.5) is 0 Å². The van der Waals surface area contributed by atoms with Gasteiger partial charge in [0, 0.05) is 5.56 Å². The molecule has 0 amide bonds. The molecule has 0 saturated carbocycles. The minimum atomic E-state index is -0.397. The molecule has 1 aliphatic heterocycles. The van der Waals surface area contributed by atoms with Crippen LogP contribution in [0.1, 0.15) is 44.4 Å². The first kappa shape index (κ1) is 16.1. The van der Waals surface area contributed by atoms with Crippen LogP contribution in [0.25, 0.3) is 0 Å². The van der Waals surface area contributed by atoms with Gasteiger partial charge in [0.2, 0.25) is 0 Å². The minimum Gasteiger partial charge on any atom is -0.506 e. The van der Waals surface area contributed by atoms with Crippen LogP contribution in [0, 0.1) is 0 Å².